The number of hydrogen-bond acceptors (Lipinski definition) is 6. The lowest BCUT2D eigenvalue weighted by Crippen LogP contribution is -2.51. The number of carbonyl (C=O) groups is 2. The van der Waals surface area contributed by atoms with Crippen LogP contribution < -0.4 is 10.2 Å². The number of nitrogens with one attached hydrogen (secondary N) is 1. The molecule has 2 saturated heterocycles. The second-order valence-corrected chi connectivity index (χ2v) is 9.05. The zero-order valence-electron chi connectivity index (χ0n) is 16.5. The zero-order valence-corrected chi connectivity index (χ0v) is 17.3. The Labute approximate surface area is 169 Å². The van der Waals surface area contributed by atoms with Gasteiger partial charge in [-0.3, -0.25) is 9.59 Å². The highest BCUT2D eigenvalue weighted by Gasteiger charge is 2.46. The molecular weight excluding hydrogens is 374 g/mol. The second kappa shape index (κ2) is 7.66. The van der Waals surface area contributed by atoms with E-state index >= 15 is 0 Å². The number of nitrogens with zero attached hydrogens (tertiary/aromatic N) is 4. The minimum Gasteiger partial charge on any atom is -0.352 e. The van der Waals surface area contributed by atoms with E-state index in [0.717, 1.165) is 54.9 Å². The molecule has 4 heterocycles. The predicted octanol–water partition coefficient (Wildman–Crippen LogP) is 2.57. The SMILES string of the molecule is CC(C)NC(=O)CN1C(=O)CC[C@@]12CCCN(c1ncc3sccc3n1)CC2. The number of anilines is 1. The smallest absolute Gasteiger partial charge is 0.239 e. The summed E-state index contributed by atoms with van der Waals surface area (Å²) in [5, 5.41) is 4.95. The quantitative estimate of drug-likeness (QED) is 0.852. The largest absolute Gasteiger partial charge is 0.352 e. The summed E-state index contributed by atoms with van der Waals surface area (Å²) >= 11 is 1.65. The van der Waals surface area contributed by atoms with Gasteiger partial charge in [-0.05, 0) is 51.0 Å². The Morgan fingerprint density at radius 1 is 1.32 bits per heavy atom. The average Bonchev–Trinajstić information content (AvgIpc) is 3.15. The monoisotopic (exact) mass is 401 g/mol. The Morgan fingerprint density at radius 3 is 3.00 bits per heavy atom. The van der Waals surface area contributed by atoms with E-state index in [1.807, 2.05) is 36.4 Å². The Balaban J connectivity index is 1.49. The van der Waals surface area contributed by atoms with E-state index in [9.17, 15) is 9.59 Å². The molecule has 28 heavy (non-hydrogen) atoms. The molecule has 0 saturated carbocycles. The number of amides is 2. The highest BCUT2D eigenvalue weighted by Crippen LogP contribution is 2.39. The fourth-order valence-electron chi connectivity index (χ4n) is 4.45. The van der Waals surface area contributed by atoms with Gasteiger partial charge in [-0.15, -0.1) is 11.3 Å². The fourth-order valence-corrected chi connectivity index (χ4v) is 5.14. The number of carbonyl (C=O) groups excluding carboxylic acids is 2. The summed E-state index contributed by atoms with van der Waals surface area (Å²) in [6, 6.07) is 2.10. The van der Waals surface area contributed by atoms with Crippen molar-refractivity contribution < 1.29 is 9.59 Å². The number of aromatic nitrogens is 2. The van der Waals surface area contributed by atoms with E-state index in [1.54, 1.807) is 11.3 Å². The van der Waals surface area contributed by atoms with Crippen LogP contribution in [-0.2, 0) is 9.59 Å². The van der Waals surface area contributed by atoms with Crippen LogP contribution in [0.3, 0.4) is 0 Å². The van der Waals surface area contributed by atoms with E-state index < -0.39 is 0 Å². The Hall–Kier alpha value is -2.22. The third-order valence-electron chi connectivity index (χ3n) is 5.82. The number of hydrogen-bond donors (Lipinski definition) is 1. The molecule has 2 amide bonds. The first kappa shape index (κ1) is 19.1. The average molecular weight is 402 g/mol. The summed E-state index contributed by atoms with van der Waals surface area (Å²) < 4.78 is 1.10. The van der Waals surface area contributed by atoms with Crippen molar-refractivity contribution in [3.05, 3.63) is 17.6 Å². The van der Waals surface area contributed by atoms with Crippen LogP contribution in [0.2, 0.25) is 0 Å². The molecule has 150 valence electrons. The molecule has 2 fully saturated rings. The van der Waals surface area contributed by atoms with Gasteiger partial charge < -0.3 is 15.1 Å². The van der Waals surface area contributed by atoms with Crippen molar-refractivity contribution in [2.75, 3.05) is 24.5 Å². The molecule has 4 rings (SSSR count). The van der Waals surface area contributed by atoms with Gasteiger partial charge in [0.25, 0.3) is 0 Å². The molecule has 0 bridgehead atoms. The van der Waals surface area contributed by atoms with Crippen molar-refractivity contribution in [3.8, 4) is 0 Å². The van der Waals surface area contributed by atoms with Gasteiger partial charge >= 0.3 is 0 Å². The van der Waals surface area contributed by atoms with Crippen LogP contribution >= 0.6 is 11.3 Å². The molecule has 8 heteroatoms. The lowest BCUT2D eigenvalue weighted by atomic mass is 9.87. The number of likely N-dealkylation sites (tertiary alicyclic amines) is 1. The van der Waals surface area contributed by atoms with Crippen molar-refractivity contribution >= 4 is 39.3 Å². The Bertz CT molecular complexity index is 882. The minimum atomic E-state index is -0.216. The second-order valence-electron chi connectivity index (χ2n) is 8.11. The molecule has 1 N–H and O–H groups in total. The van der Waals surface area contributed by atoms with Crippen LogP contribution in [0.25, 0.3) is 10.2 Å². The Morgan fingerprint density at radius 2 is 2.18 bits per heavy atom. The van der Waals surface area contributed by atoms with E-state index in [2.05, 4.69) is 15.2 Å². The van der Waals surface area contributed by atoms with Gasteiger partial charge in [0.2, 0.25) is 17.8 Å². The standard InChI is InChI=1S/C20H27N5O2S/c1-14(2)22-17(26)13-25-18(27)4-7-20(25)6-3-9-24(10-8-20)19-21-12-16-15(23-19)5-11-28-16/h5,11-12,14H,3-4,6-10,13H2,1-2H3,(H,22,26)/t20-/m1/s1. The van der Waals surface area contributed by atoms with Crippen molar-refractivity contribution in [2.24, 2.45) is 0 Å². The molecule has 1 spiro atoms. The zero-order chi connectivity index (χ0) is 19.7. The van der Waals surface area contributed by atoms with Gasteiger partial charge in [0.05, 0.1) is 16.4 Å². The topological polar surface area (TPSA) is 78.4 Å². The molecule has 2 aliphatic rings. The summed E-state index contributed by atoms with van der Waals surface area (Å²) in [5.41, 5.74) is 0.768. The van der Waals surface area contributed by atoms with Crippen LogP contribution in [0.4, 0.5) is 5.95 Å². The number of thiophene rings is 1. The molecule has 2 aromatic heterocycles. The molecule has 2 aromatic rings. The predicted molar refractivity (Wildman–Crippen MR) is 110 cm³/mol. The van der Waals surface area contributed by atoms with Gasteiger partial charge in [-0.2, -0.15) is 0 Å². The van der Waals surface area contributed by atoms with E-state index in [-0.39, 0.29) is 29.9 Å². The van der Waals surface area contributed by atoms with Crippen LogP contribution in [0.15, 0.2) is 17.6 Å². The third-order valence-corrected chi connectivity index (χ3v) is 6.66. The molecule has 0 aliphatic carbocycles. The normalized spacial score (nSPS) is 23.0. The first-order valence-electron chi connectivity index (χ1n) is 10.0. The fraction of sp³-hybridized carbons (Fsp3) is 0.600. The maximum absolute atomic E-state index is 12.6. The lowest BCUT2D eigenvalue weighted by molar-refractivity contribution is -0.137. The molecule has 2 aliphatic heterocycles. The summed E-state index contributed by atoms with van der Waals surface area (Å²) in [5.74, 6) is 0.789. The number of fused-ring (bicyclic) bond motifs is 1. The van der Waals surface area contributed by atoms with E-state index in [1.165, 1.54) is 0 Å². The molecule has 7 nitrogen and oxygen atoms in total. The van der Waals surface area contributed by atoms with Gasteiger partial charge in [-0.25, -0.2) is 9.97 Å². The third kappa shape index (κ3) is 3.70. The summed E-state index contributed by atoms with van der Waals surface area (Å²) in [7, 11) is 0. The van der Waals surface area contributed by atoms with E-state index in [4.69, 9.17) is 4.98 Å². The van der Waals surface area contributed by atoms with Crippen molar-refractivity contribution in [3.63, 3.8) is 0 Å². The number of rotatable bonds is 4. The van der Waals surface area contributed by atoms with Crippen LogP contribution in [0.1, 0.15) is 46.0 Å². The lowest BCUT2D eigenvalue weighted by Gasteiger charge is -2.38. The summed E-state index contributed by atoms with van der Waals surface area (Å²) in [4.78, 5) is 38.2. The van der Waals surface area contributed by atoms with Gasteiger partial charge in [0, 0.05) is 31.1 Å². The highest BCUT2D eigenvalue weighted by atomic mass is 32.1. The van der Waals surface area contributed by atoms with Gasteiger partial charge in [0.1, 0.15) is 6.54 Å². The van der Waals surface area contributed by atoms with Gasteiger partial charge in [0.15, 0.2) is 0 Å². The first-order chi connectivity index (χ1) is 13.5. The summed E-state index contributed by atoms with van der Waals surface area (Å²) in [6.07, 6.45) is 5.99. The molecular formula is C20H27N5O2S. The maximum Gasteiger partial charge on any atom is 0.239 e. The van der Waals surface area contributed by atoms with Gasteiger partial charge in [-0.1, -0.05) is 0 Å². The van der Waals surface area contributed by atoms with Crippen molar-refractivity contribution in [1.29, 1.82) is 0 Å². The molecule has 1 atom stereocenters. The minimum absolute atomic E-state index is 0.0722. The molecule has 0 unspecified atom stereocenters. The summed E-state index contributed by atoms with van der Waals surface area (Å²) in [6.45, 7) is 5.71. The Kier molecular flexibility index (Phi) is 5.23. The van der Waals surface area contributed by atoms with Crippen LogP contribution in [0.5, 0.6) is 0 Å². The van der Waals surface area contributed by atoms with Crippen LogP contribution in [0, 0.1) is 0 Å². The van der Waals surface area contributed by atoms with E-state index in [0.29, 0.717) is 6.42 Å². The van der Waals surface area contributed by atoms with Crippen molar-refractivity contribution in [2.45, 2.75) is 57.5 Å². The molecule has 0 aromatic carbocycles. The van der Waals surface area contributed by atoms with Crippen molar-refractivity contribution in [1.82, 2.24) is 20.2 Å². The molecule has 0 radical (unpaired) electrons. The maximum atomic E-state index is 12.6. The first-order valence-corrected chi connectivity index (χ1v) is 10.9. The van der Waals surface area contributed by atoms with Crippen LogP contribution in [-0.4, -0.2) is 57.9 Å². The highest BCUT2D eigenvalue weighted by molar-refractivity contribution is 7.17.